The first kappa shape index (κ1) is 29.3. The largest absolute Gasteiger partial charge is 0.510 e. The molecule has 0 saturated carbocycles. The van der Waals surface area contributed by atoms with Crippen LogP contribution in [0.3, 0.4) is 0 Å². The Kier molecular flexibility index (Phi) is 6.94. The fraction of sp³-hybridized carbons (Fsp3) is 0.387. The van der Waals surface area contributed by atoms with Crippen LogP contribution in [0.1, 0.15) is 44.6 Å². The molecular weight excluding hydrogens is 578 g/mol. The zero-order valence-electron chi connectivity index (χ0n) is 23.6. The average molecular weight is 610 g/mol. The maximum atomic E-state index is 13.9. The number of phenolic OH excluding ortho intramolecular Hbond substituents is 1. The van der Waals surface area contributed by atoms with Crippen LogP contribution in [0, 0.1) is 11.8 Å². The lowest BCUT2D eigenvalue weighted by Gasteiger charge is -2.50. The lowest BCUT2D eigenvalue weighted by molar-refractivity contribution is -0.148. The Morgan fingerprint density at radius 1 is 1.14 bits per heavy atom. The fourth-order valence-corrected chi connectivity index (χ4v) is 7.72. The van der Waals surface area contributed by atoms with Gasteiger partial charge in [0.05, 0.1) is 18.2 Å². The van der Waals surface area contributed by atoms with Crippen LogP contribution in [0.25, 0.3) is 0 Å². The number of benzene rings is 2. The van der Waals surface area contributed by atoms with Crippen LogP contribution in [-0.2, 0) is 42.3 Å². The van der Waals surface area contributed by atoms with Crippen molar-refractivity contribution in [2.75, 3.05) is 14.1 Å². The predicted molar refractivity (Wildman–Crippen MR) is 154 cm³/mol. The van der Waals surface area contributed by atoms with Gasteiger partial charge < -0.3 is 31.3 Å². The topological polar surface area (TPSA) is 185 Å². The van der Waals surface area contributed by atoms with E-state index in [1.54, 1.807) is 14.1 Å². The number of phenols is 1. The van der Waals surface area contributed by atoms with E-state index in [2.05, 4.69) is 4.90 Å². The molecule has 12 heteroatoms. The lowest BCUT2D eigenvalue weighted by atomic mass is 9.58. The molecule has 0 bridgehead atoms. The molecule has 0 fully saturated rings. The third-order valence-electron chi connectivity index (χ3n) is 9.37. The van der Waals surface area contributed by atoms with Gasteiger partial charge in [0, 0.05) is 36.1 Å². The highest BCUT2D eigenvalue weighted by atomic mass is 35.5. The Morgan fingerprint density at radius 3 is 2.49 bits per heavy atom. The molecule has 226 valence electrons. The number of rotatable bonds is 5. The quantitative estimate of drug-likeness (QED) is 0.273. The summed E-state index contributed by atoms with van der Waals surface area (Å²) < 4.78 is 0. The third kappa shape index (κ3) is 4.21. The number of likely N-dealkylation sites (N-methyl/N-ethyl adjacent to an activating group) is 1. The number of nitrogens with zero attached hydrogens (tertiary/aromatic N) is 2. The van der Waals surface area contributed by atoms with Crippen LogP contribution in [0.4, 0.5) is 0 Å². The van der Waals surface area contributed by atoms with Crippen LogP contribution >= 0.6 is 11.6 Å². The maximum absolute atomic E-state index is 13.9. The molecule has 1 aliphatic heterocycles. The first-order chi connectivity index (χ1) is 20.3. The van der Waals surface area contributed by atoms with Gasteiger partial charge in [-0.25, -0.2) is 0 Å². The van der Waals surface area contributed by atoms with Gasteiger partial charge in [-0.2, -0.15) is 0 Å². The Hall–Kier alpha value is -3.74. The summed E-state index contributed by atoms with van der Waals surface area (Å²) in [5, 5.41) is 54.9. The zero-order valence-corrected chi connectivity index (χ0v) is 24.4. The zero-order chi connectivity index (χ0) is 31.1. The number of aliphatic hydroxyl groups is 4. The molecule has 2 aromatic carbocycles. The summed E-state index contributed by atoms with van der Waals surface area (Å²) in [6.07, 6.45) is 0.108. The Bertz CT molecular complexity index is 1680. The Morgan fingerprint density at radius 2 is 1.84 bits per heavy atom. The molecule has 0 spiro atoms. The minimum Gasteiger partial charge on any atom is -0.510 e. The van der Waals surface area contributed by atoms with Crippen molar-refractivity contribution in [3.8, 4) is 5.75 Å². The van der Waals surface area contributed by atoms with Crippen molar-refractivity contribution in [3.05, 3.63) is 85.3 Å². The first-order valence-electron chi connectivity index (χ1n) is 13.9. The maximum Gasteiger partial charge on any atom is 0.255 e. The van der Waals surface area contributed by atoms with E-state index < -0.39 is 58.0 Å². The van der Waals surface area contributed by atoms with Gasteiger partial charge in [-0.05, 0) is 66.7 Å². The number of hydrogen-bond donors (Lipinski definition) is 6. The third-order valence-corrected chi connectivity index (χ3v) is 9.84. The normalized spacial score (nSPS) is 26.9. The number of aliphatic hydroxyl groups excluding tert-OH is 3. The van der Waals surface area contributed by atoms with Crippen LogP contribution in [0.2, 0.25) is 5.02 Å². The molecule has 6 rings (SSSR count). The molecule has 4 atom stereocenters. The van der Waals surface area contributed by atoms with Crippen LogP contribution in [0.5, 0.6) is 5.75 Å². The van der Waals surface area contributed by atoms with E-state index in [0.29, 0.717) is 35.8 Å². The minimum absolute atomic E-state index is 0.0122. The average Bonchev–Trinajstić information content (AvgIpc) is 3.34. The molecule has 0 unspecified atom stereocenters. The van der Waals surface area contributed by atoms with Gasteiger partial charge in [0.15, 0.2) is 11.4 Å². The highest BCUT2D eigenvalue weighted by Crippen LogP contribution is 2.53. The van der Waals surface area contributed by atoms with E-state index in [9.17, 15) is 39.9 Å². The number of halogens is 1. The summed E-state index contributed by atoms with van der Waals surface area (Å²) >= 11 is 6.90. The standard InChI is InChI=1S/C31H32ClN3O8/c1-34(2)25-19-7-15-6-18-22(26(38)21(15)28(40)31(19,43)29(41)23(27(25)39)30(33)42)20(37)8-17(24(18)32)11-35-9-14-4-3-13(12-36)5-16(14)10-35/h3-5,8,15,19,25,36-37,39-40,43H,6-7,9-12H2,1-2H3,(H2,33,42)/t15-,19-,25-,31-/m0/s1. The van der Waals surface area contributed by atoms with Crippen molar-refractivity contribution < 1.29 is 39.9 Å². The van der Waals surface area contributed by atoms with Gasteiger partial charge in [-0.15, -0.1) is 0 Å². The van der Waals surface area contributed by atoms with Crippen LogP contribution in [0.15, 0.2) is 46.9 Å². The SMILES string of the molecule is CN(C)[C@@H]1C(O)=C(C(N)=O)C(=O)[C@@]2(O)C(O)=C3C(=O)c4c(O)cc(CN5Cc6ccc(CO)cc6C5)c(Cl)c4C[C@H]3C[C@@H]12. The van der Waals surface area contributed by atoms with Gasteiger partial charge >= 0.3 is 0 Å². The second-order valence-electron chi connectivity index (χ2n) is 12.1. The molecule has 4 aliphatic rings. The number of aromatic hydroxyl groups is 1. The van der Waals surface area contributed by atoms with E-state index in [4.69, 9.17) is 17.3 Å². The Labute approximate surface area is 252 Å². The van der Waals surface area contributed by atoms with Gasteiger partial charge in [-0.3, -0.25) is 24.2 Å². The van der Waals surface area contributed by atoms with Crippen LogP contribution in [-0.4, -0.2) is 78.5 Å². The van der Waals surface area contributed by atoms with E-state index in [1.165, 1.54) is 11.0 Å². The van der Waals surface area contributed by atoms with E-state index in [-0.39, 0.29) is 36.3 Å². The van der Waals surface area contributed by atoms with Crippen molar-refractivity contribution in [3.63, 3.8) is 0 Å². The van der Waals surface area contributed by atoms with Crippen molar-refractivity contribution in [2.45, 2.75) is 50.7 Å². The number of Topliss-reactive ketones (excluding diaryl/α,β-unsaturated/α-hetero) is 2. The number of fused-ring (bicyclic) bond motifs is 4. The molecule has 0 aromatic heterocycles. The first-order valence-corrected chi connectivity index (χ1v) is 14.3. The second-order valence-corrected chi connectivity index (χ2v) is 12.5. The van der Waals surface area contributed by atoms with Gasteiger partial charge in [0.2, 0.25) is 5.78 Å². The molecule has 1 amide bonds. The van der Waals surface area contributed by atoms with Crippen molar-refractivity contribution in [2.24, 2.45) is 17.6 Å². The minimum atomic E-state index is -2.69. The summed E-state index contributed by atoms with van der Waals surface area (Å²) in [5.74, 6) is -7.02. The summed E-state index contributed by atoms with van der Waals surface area (Å²) in [7, 11) is 3.16. The number of allylic oxidation sites excluding steroid dienone is 1. The van der Waals surface area contributed by atoms with Crippen LogP contribution < -0.4 is 5.73 Å². The second kappa shape index (κ2) is 10.2. The number of carbonyl (C=O) groups excluding carboxylic acids is 3. The number of primary amides is 1. The van der Waals surface area contributed by atoms with E-state index in [1.807, 2.05) is 18.2 Å². The van der Waals surface area contributed by atoms with E-state index >= 15 is 0 Å². The van der Waals surface area contributed by atoms with Gasteiger partial charge in [0.1, 0.15) is 22.8 Å². The highest BCUT2D eigenvalue weighted by molar-refractivity contribution is 6.33. The number of nitrogens with two attached hydrogens (primary N) is 1. The summed E-state index contributed by atoms with van der Waals surface area (Å²) in [4.78, 5) is 43.0. The molecule has 11 nitrogen and oxygen atoms in total. The molecule has 0 saturated heterocycles. The molecule has 2 aromatic rings. The number of hydrogen-bond acceptors (Lipinski definition) is 10. The van der Waals surface area contributed by atoms with Crippen molar-refractivity contribution in [1.29, 1.82) is 0 Å². The molecule has 0 radical (unpaired) electrons. The number of ketones is 2. The molecule has 1 heterocycles. The highest BCUT2D eigenvalue weighted by Gasteiger charge is 2.63. The molecule has 43 heavy (non-hydrogen) atoms. The van der Waals surface area contributed by atoms with Gasteiger partial charge in [0.25, 0.3) is 5.91 Å². The molecule has 7 N–H and O–H groups in total. The van der Waals surface area contributed by atoms with Crippen molar-refractivity contribution in [1.82, 2.24) is 9.80 Å². The smallest absolute Gasteiger partial charge is 0.255 e. The molecule has 3 aliphatic carbocycles. The fourth-order valence-electron chi connectivity index (χ4n) is 7.44. The molecular formula is C31H32ClN3O8. The monoisotopic (exact) mass is 609 g/mol. The van der Waals surface area contributed by atoms with Crippen molar-refractivity contribution >= 4 is 29.1 Å². The predicted octanol–water partition coefficient (Wildman–Crippen LogP) is 1.78. The van der Waals surface area contributed by atoms with E-state index in [0.717, 1.165) is 16.7 Å². The van der Waals surface area contributed by atoms with Gasteiger partial charge in [-0.1, -0.05) is 29.8 Å². The Balaban J connectivity index is 1.39. The summed E-state index contributed by atoms with van der Waals surface area (Å²) in [6, 6.07) is 6.17. The lowest BCUT2D eigenvalue weighted by Crippen LogP contribution is -2.63. The number of amides is 1. The number of carbonyl (C=O) groups is 3. The summed E-state index contributed by atoms with van der Waals surface area (Å²) in [5.41, 5.74) is 5.53. The summed E-state index contributed by atoms with van der Waals surface area (Å²) in [6.45, 7) is 1.58.